The minimum Gasteiger partial charge on any atom is -0.390 e. The van der Waals surface area contributed by atoms with E-state index in [0.29, 0.717) is 5.69 Å². The number of hydrogen-bond donors (Lipinski definition) is 0. The molecule has 0 radical (unpaired) electrons. The van der Waals surface area contributed by atoms with E-state index in [1.165, 1.54) is 10.4 Å². The van der Waals surface area contributed by atoms with Crippen LogP contribution in [0.15, 0.2) is 47.2 Å². The average molecular weight is 449 g/mol. The van der Waals surface area contributed by atoms with E-state index in [2.05, 4.69) is 64.0 Å². The maximum Gasteiger partial charge on any atom is 0.435 e. The number of rotatable bonds is 3. The van der Waals surface area contributed by atoms with Crippen molar-refractivity contribution in [3.63, 3.8) is 0 Å². The van der Waals surface area contributed by atoms with E-state index in [1.54, 1.807) is 11.6 Å². The Kier molecular flexibility index (Phi) is 5.08. The molecule has 1 aromatic heterocycles. The van der Waals surface area contributed by atoms with Crippen molar-refractivity contribution in [1.82, 2.24) is 9.55 Å². The molecule has 2 heterocycles. The van der Waals surface area contributed by atoms with Crippen LogP contribution in [0.2, 0.25) is 13.1 Å². The number of benzene rings is 1. The summed E-state index contributed by atoms with van der Waals surface area (Å²) in [6.07, 6.45) is 6.58. The highest BCUT2D eigenvalue weighted by Crippen LogP contribution is 2.42. The lowest BCUT2D eigenvalue weighted by Crippen LogP contribution is -2.49. The smallest absolute Gasteiger partial charge is 0.390 e. The predicted octanol–water partition coefficient (Wildman–Crippen LogP) is 3.18. The summed E-state index contributed by atoms with van der Waals surface area (Å²) in [6, 6.07) is 6.58. The van der Waals surface area contributed by atoms with Crippen LogP contribution in [0.1, 0.15) is 17.0 Å². The summed E-state index contributed by atoms with van der Waals surface area (Å²) in [7, 11) is 7.86. The molecule has 1 aliphatic carbocycles. The molecule has 0 saturated heterocycles. The molecule has 0 fully saturated rings. The molecule has 0 atom stereocenters. The van der Waals surface area contributed by atoms with Crippen LogP contribution in [0, 0.1) is 17.0 Å². The van der Waals surface area contributed by atoms with E-state index in [0.717, 1.165) is 33.8 Å². The summed E-state index contributed by atoms with van der Waals surface area (Å²) in [5.41, 5.74) is 7.03. The largest absolute Gasteiger partial charge is 0.435 e. The van der Waals surface area contributed by atoms with Gasteiger partial charge in [-0.05, 0) is 51.6 Å². The highest BCUT2D eigenvalue weighted by Gasteiger charge is 2.42. The van der Waals surface area contributed by atoms with Crippen molar-refractivity contribution in [3.8, 4) is 0 Å². The Balaban J connectivity index is 2.12. The Morgan fingerprint density at radius 1 is 1.16 bits per heavy atom. The SMILES string of the molecule is Cc1c(C2=C3C=CC(=[N+](C)C)C=C3[Si](C)(C)c3cc(N(C)C)ccc32)nc([N+](=O)[O-])n1C. The zero-order valence-electron chi connectivity index (χ0n) is 20.0. The quantitative estimate of drug-likeness (QED) is 0.313. The van der Waals surface area contributed by atoms with Crippen LogP contribution in [0.4, 0.5) is 11.6 Å². The first-order chi connectivity index (χ1) is 14.9. The highest BCUT2D eigenvalue weighted by atomic mass is 28.3. The zero-order valence-corrected chi connectivity index (χ0v) is 21.0. The standard InChI is InChI=1S/C24H30N5O2Si/c1-15-23(25-24(28(15)6)29(30)31)22-18-11-9-16(26(2)3)13-20(18)32(7,8)21-14-17(27(4)5)10-12-19(21)22/h9-14H,1-8H3/q+1. The van der Waals surface area contributed by atoms with E-state index < -0.39 is 13.0 Å². The lowest BCUT2D eigenvalue weighted by molar-refractivity contribution is -0.462. The van der Waals surface area contributed by atoms with Gasteiger partial charge in [0.15, 0.2) is 11.4 Å². The fourth-order valence-corrected chi connectivity index (χ4v) is 7.67. The fourth-order valence-electron chi connectivity index (χ4n) is 4.60. The third-order valence-electron chi connectivity index (χ3n) is 6.68. The summed E-state index contributed by atoms with van der Waals surface area (Å²) in [4.78, 5) is 17.8. The predicted molar refractivity (Wildman–Crippen MR) is 133 cm³/mol. The fraction of sp³-hybridized carbons (Fsp3) is 0.333. The molecule has 7 nitrogen and oxygen atoms in total. The molecule has 0 unspecified atom stereocenters. The van der Waals surface area contributed by atoms with Crippen molar-refractivity contribution in [2.45, 2.75) is 20.0 Å². The Morgan fingerprint density at radius 2 is 1.84 bits per heavy atom. The van der Waals surface area contributed by atoms with Crippen LogP contribution in [0.25, 0.3) is 5.57 Å². The average Bonchev–Trinajstić information content (AvgIpc) is 3.02. The molecule has 0 N–H and O–H groups in total. The lowest BCUT2D eigenvalue weighted by Gasteiger charge is -2.37. The molecule has 2 aliphatic rings. The number of hydrogen-bond acceptors (Lipinski definition) is 4. The molecule has 0 spiro atoms. The Labute approximate surface area is 189 Å². The summed E-state index contributed by atoms with van der Waals surface area (Å²) < 4.78 is 3.69. The molecule has 166 valence electrons. The third-order valence-corrected chi connectivity index (χ3v) is 10.2. The monoisotopic (exact) mass is 448 g/mol. The maximum absolute atomic E-state index is 11.6. The van der Waals surface area contributed by atoms with E-state index in [4.69, 9.17) is 0 Å². The number of nitro groups is 1. The van der Waals surface area contributed by atoms with Gasteiger partial charge in [0.05, 0.1) is 7.05 Å². The molecular weight excluding hydrogens is 418 g/mol. The summed E-state index contributed by atoms with van der Waals surface area (Å²) in [5, 5.41) is 14.3. The van der Waals surface area contributed by atoms with Crippen molar-refractivity contribution >= 4 is 36.2 Å². The van der Waals surface area contributed by atoms with E-state index in [1.807, 2.05) is 35.1 Å². The van der Waals surface area contributed by atoms with Crippen LogP contribution in [0.5, 0.6) is 0 Å². The second kappa shape index (κ2) is 7.41. The maximum atomic E-state index is 11.6. The van der Waals surface area contributed by atoms with Crippen LogP contribution in [-0.4, -0.2) is 61.0 Å². The topological polar surface area (TPSA) is 67.2 Å². The van der Waals surface area contributed by atoms with Gasteiger partial charge in [-0.25, -0.2) is 9.14 Å². The van der Waals surface area contributed by atoms with Gasteiger partial charge in [-0.2, -0.15) is 0 Å². The van der Waals surface area contributed by atoms with Gasteiger partial charge in [0.25, 0.3) is 0 Å². The summed E-state index contributed by atoms with van der Waals surface area (Å²) >= 11 is 0. The summed E-state index contributed by atoms with van der Waals surface area (Å²) in [6.45, 7) is 6.67. The Bertz CT molecular complexity index is 1290. The minimum atomic E-state index is -2.05. The van der Waals surface area contributed by atoms with Crippen LogP contribution in [-0.2, 0) is 7.05 Å². The van der Waals surface area contributed by atoms with Crippen molar-refractivity contribution in [2.75, 3.05) is 33.1 Å². The van der Waals surface area contributed by atoms with Gasteiger partial charge < -0.3 is 15.0 Å². The molecule has 32 heavy (non-hydrogen) atoms. The first kappa shape index (κ1) is 21.9. The number of allylic oxidation sites excluding steroid dienone is 5. The number of fused-ring (bicyclic) bond motifs is 2. The van der Waals surface area contributed by atoms with Gasteiger partial charge in [-0.3, -0.25) is 0 Å². The van der Waals surface area contributed by atoms with Crippen LogP contribution >= 0.6 is 0 Å². The van der Waals surface area contributed by atoms with Crippen molar-refractivity contribution in [2.24, 2.45) is 7.05 Å². The zero-order chi connectivity index (χ0) is 23.5. The number of imidazole rings is 1. The number of anilines is 1. The van der Waals surface area contributed by atoms with Gasteiger partial charge >= 0.3 is 5.95 Å². The van der Waals surface area contributed by atoms with Crippen molar-refractivity contribution in [1.29, 1.82) is 0 Å². The van der Waals surface area contributed by atoms with Crippen molar-refractivity contribution in [3.05, 3.63) is 74.3 Å². The Hall–Kier alpha value is -3.26. The van der Waals surface area contributed by atoms with Gasteiger partial charge in [-0.15, -0.1) is 0 Å². The van der Waals surface area contributed by atoms with E-state index in [-0.39, 0.29) is 5.95 Å². The highest BCUT2D eigenvalue weighted by molar-refractivity contribution is 6.98. The second-order valence-corrected chi connectivity index (χ2v) is 13.7. The Morgan fingerprint density at radius 3 is 2.41 bits per heavy atom. The molecule has 0 amide bonds. The molecule has 8 heteroatoms. The normalized spacial score (nSPS) is 16.5. The second-order valence-electron chi connectivity index (χ2n) is 9.41. The van der Waals surface area contributed by atoms with Gasteiger partial charge in [0.2, 0.25) is 0 Å². The van der Waals surface area contributed by atoms with Gasteiger partial charge in [0, 0.05) is 37.5 Å². The first-order valence-corrected chi connectivity index (χ1v) is 13.6. The van der Waals surface area contributed by atoms with Gasteiger partial charge in [-0.1, -0.05) is 24.1 Å². The molecule has 4 rings (SSSR count). The van der Waals surface area contributed by atoms with Gasteiger partial charge in [0.1, 0.15) is 27.9 Å². The van der Waals surface area contributed by atoms with Crippen LogP contribution in [0.3, 0.4) is 0 Å². The van der Waals surface area contributed by atoms with E-state index >= 15 is 0 Å². The first-order valence-electron chi connectivity index (χ1n) is 10.6. The summed E-state index contributed by atoms with van der Waals surface area (Å²) in [5.74, 6) is -0.134. The molecule has 2 aromatic rings. The molecule has 0 saturated carbocycles. The molecular formula is C24H30N5O2Si+. The number of nitrogens with zero attached hydrogens (tertiary/aromatic N) is 5. The molecule has 1 aliphatic heterocycles. The number of aromatic nitrogens is 2. The van der Waals surface area contributed by atoms with E-state index in [9.17, 15) is 10.1 Å². The minimum absolute atomic E-state index is 0.134. The molecule has 1 aromatic carbocycles. The molecule has 0 bridgehead atoms. The lowest BCUT2D eigenvalue weighted by atomic mass is 9.91. The van der Waals surface area contributed by atoms with Crippen LogP contribution < -0.4 is 10.1 Å². The van der Waals surface area contributed by atoms with Crippen molar-refractivity contribution < 1.29 is 9.50 Å². The third kappa shape index (κ3) is 3.17.